The molecule has 1 atom stereocenters. The second-order valence-electron chi connectivity index (χ2n) is 4.66. The molecule has 0 bridgehead atoms. The normalized spacial score (nSPS) is 12.2. The molecule has 6 heteroatoms. The van der Waals surface area contributed by atoms with Crippen LogP contribution >= 0.6 is 23.4 Å². The van der Waals surface area contributed by atoms with Crippen LogP contribution in [0, 0.1) is 13.8 Å². The van der Waals surface area contributed by atoms with Gasteiger partial charge in [-0.2, -0.15) is 0 Å². The zero-order valence-corrected chi connectivity index (χ0v) is 13.5. The van der Waals surface area contributed by atoms with Gasteiger partial charge in [0.25, 0.3) is 0 Å². The number of hydrogen-bond donors (Lipinski definition) is 1. The van der Waals surface area contributed by atoms with E-state index >= 15 is 0 Å². The zero-order valence-electron chi connectivity index (χ0n) is 11.9. The number of aliphatic hydroxyl groups is 1. The van der Waals surface area contributed by atoms with Crippen molar-refractivity contribution in [1.82, 2.24) is 9.97 Å². The molecule has 1 aromatic heterocycles. The maximum Gasteiger partial charge on any atom is 0.188 e. The second-order valence-corrected chi connectivity index (χ2v) is 6.09. The Morgan fingerprint density at radius 2 is 1.81 bits per heavy atom. The summed E-state index contributed by atoms with van der Waals surface area (Å²) in [4.78, 5) is 8.64. The summed E-state index contributed by atoms with van der Waals surface area (Å²) in [5, 5.41) is 11.3. The van der Waals surface area contributed by atoms with E-state index < -0.39 is 6.10 Å². The SMILES string of the molecule is Cc1cc(C)nc(SCC(O)COc2ccc(Cl)cc2)n1. The highest BCUT2D eigenvalue weighted by atomic mass is 35.5. The maximum absolute atomic E-state index is 9.94. The van der Waals surface area contributed by atoms with Gasteiger partial charge in [-0.3, -0.25) is 0 Å². The molecular weight excluding hydrogens is 308 g/mol. The fourth-order valence-electron chi connectivity index (χ4n) is 1.70. The first-order valence-corrected chi connectivity index (χ1v) is 7.91. The number of halogens is 1. The number of aromatic nitrogens is 2. The summed E-state index contributed by atoms with van der Waals surface area (Å²) in [5.41, 5.74) is 1.86. The van der Waals surface area contributed by atoms with Crippen molar-refractivity contribution >= 4 is 23.4 Å². The maximum atomic E-state index is 9.94. The fourth-order valence-corrected chi connectivity index (χ4v) is 2.68. The van der Waals surface area contributed by atoms with E-state index in [9.17, 15) is 5.11 Å². The average molecular weight is 325 g/mol. The van der Waals surface area contributed by atoms with E-state index in [0.29, 0.717) is 21.7 Å². The third-order valence-electron chi connectivity index (χ3n) is 2.62. The lowest BCUT2D eigenvalue weighted by Gasteiger charge is -2.12. The molecule has 1 heterocycles. The van der Waals surface area contributed by atoms with Crippen molar-refractivity contribution in [2.24, 2.45) is 0 Å². The van der Waals surface area contributed by atoms with Gasteiger partial charge in [-0.05, 0) is 44.2 Å². The molecule has 2 aromatic rings. The molecule has 0 spiro atoms. The van der Waals surface area contributed by atoms with E-state index in [4.69, 9.17) is 16.3 Å². The molecular formula is C15H17ClN2O2S. The highest BCUT2D eigenvalue weighted by Crippen LogP contribution is 2.18. The first-order chi connectivity index (χ1) is 10.0. The van der Waals surface area contributed by atoms with Gasteiger partial charge < -0.3 is 9.84 Å². The largest absolute Gasteiger partial charge is 0.491 e. The lowest BCUT2D eigenvalue weighted by molar-refractivity contribution is 0.126. The highest BCUT2D eigenvalue weighted by Gasteiger charge is 2.08. The smallest absolute Gasteiger partial charge is 0.188 e. The van der Waals surface area contributed by atoms with Gasteiger partial charge >= 0.3 is 0 Å². The summed E-state index contributed by atoms with van der Waals surface area (Å²) in [6.07, 6.45) is -0.588. The number of benzene rings is 1. The van der Waals surface area contributed by atoms with Crippen molar-refractivity contribution in [3.8, 4) is 5.75 Å². The highest BCUT2D eigenvalue weighted by molar-refractivity contribution is 7.99. The Labute approximate surface area is 133 Å². The number of thioether (sulfide) groups is 1. The van der Waals surface area contributed by atoms with E-state index in [0.717, 1.165) is 11.4 Å². The van der Waals surface area contributed by atoms with Crippen molar-refractivity contribution in [3.63, 3.8) is 0 Å². The minimum atomic E-state index is -0.588. The van der Waals surface area contributed by atoms with E-state index in [2.05, 4.69) is 9.97 Å². The van der Waals surface area contributed by atoms with E-state index in [1.807, 2.05) is 19.9 Å². The topological polar surface area (TPSA) is 55.2 Å². The van der Waals surface area contributed by atoms with Crippen LogP contribution in [0.15, 0.2) is 35.5 Å². The Bertz CT molecular complexity index is 572. The van der Waals surface area contributed by atoms with Gasteiger partial charge in [0.1, 0.15) is 12.4 Å². The summed E-state index contributed by atoms with van der Waals surface area (Å²) in [7, 11) is 0. The van der Waals surface area contributed by atoms with Crippen LogP contribution in [0.3, 0.4) is 0 Å². The van der Waals surface area contributed by atoms with Gasteiger partial charge in [-0.25, -0.2) is 9.97 Å². The quantitative estimate of drug-likeness (QED) is 0.653. The Kier molecular flexibility index (Phi) is 5.85. The van der Waals surface area contributed by atoms with Gasteiger partial charge in [0, 0.05) is 22.2 Å². The summed E-state index contributed by atoms with van der Waals surface area (Å²) in [6, 6.07) is 8.97. The van der Waals surface area contributed by atoms with E-state index in [1.165, 1.54) is 11.8 Å². The van der Waals surface area contributed by atoms with Crippen molar-refractivity contribution in [2.45, 2.75) is 25.1 Å². The van der Waals surface area contributed by atoms with Crippen LogP contribution in [0.4, 0.5) is 0 Å². The fraction of sp³-hybridized carbons (Fsp3) is 0.333. The lowest BCUT2D eigenvalue weighted by atomic mass is 10.3. The van der Waals surface area contributed by atoms with Gasteiger partial charge in [0.2, 0.25) is 0 Å². The van der Waals surface area contributed by atoms with Gasteiger partial charge in [0.05, 0.1) is 6.10 Å². The minimum absolute atomic E-state index is 0.222. The molecule has 1 N–H and O–H groups in total. The minimum Gasteiger partial charge on any atom is -0.491 e. The number of nitrogens with zero attached hydrogens (tertiary/aromatic N) is 2. The van der Waals surface area contributed by atoms with E-state index in [1.54, 1.807) is 24.3 Å². The third-order valence-corrected chi connectivity index (χ3v) is 3.87. The number of ether oxygens (including phenoxy) is 1. The molecule has 21 heavy (non-hydrogen) atoms. The summed E-state index contributed by atoms with van der Waals surface area (Å²) in [6.45, 7) is 4.08. The number of aryl methyl sites for hydroxylation is 2. The standard InChI is InChI=1S/C15H17ClN2O2S/c1-10-7-11(2)18-15(17-10)21-9-13(19)8-20-14-5-3-12(16)4-6-14/h3-7,13,19H,8-9H2,1-2H3. The summed E-state index contributed by atoms with van der Waals surface area (Å²) < 4.78 is 5.50. The first-order valence-electron chi connectivity index (χ1n) is 6.54. The Morgan fingerprint density at radius 3 is 2.43 bits per heavy atom. The first kappa shape index (κ1) is 16.1. The molecule has 2 rings (SSSR count). The van der Waals surface area contributed by atoms with Crippen LogP contribution < -0.4 is 4.74 Å². The Morgan fingerprint density at radius 1 is 1.19 bits per heavy atom. The number of rotatable bonds is 6. The van der Waals surface area contributed by atoms with Gasteiger partial charge in [-0.15, -0.1) is 0 Å². The van der Waals surface area contributed by atoms with E-state index in [-0.39, 0.29) is 6.61 Å². The summed E-state index contributed by atoms with van der Waals surface area (Å²) in [5.74, 6) is 1.17. The van der Waals surface area contributed by atoms with Gasteiger partial charge in [0.15, 0.2) is 5.16 Å². The van der Waals surface area contributed by atoms with Crippen molar-refractivity contribution in [1.29, 1.82) is 0 Å². The van der Waals surface area contributed by atoms with Crippen LogP contribution in [0.2, 0.25) is 5.02 Å². The Balaban J connectivity index is 1.79. The van der Waals surface area contributed by atoms with Crippen molar-refractivity contribution < 1.29 is 9.84 Å². The van der Waals surface area contributed by atoms with Crippen LogP contribution in [0.25, 0.3) is 0 Å². The molecule has 0 aliphatic heterocycles. The molecule has 0 saturated heterocycles. The molecule has 0 fully saturated rings. The molecule has 0 radical (unpaired) electrons. The van der Waals surface area contributed by atoms with Crippen molar-refractivity contribution in [2.75, 3.05) is 12.4 Å². The predicted octanol–water partition coefficient (Wildman–Crippen LogP) is 3.28. The molecule has 0 amide bonds. The summed E-state index contributed by atoms with van der Waals surface area (Å²) >= 11 is 7.22. The van der Waals surface area contributed by atoms with Crippen LogP contribution in [-0.4, -0.2) is 33.5 Å². The molecule has 1 aromatic carbocycles. The Hall–Kier alpha value is -1.30. The van der Waals surface area contributed by atoms with Gasteiger partial charge in [-0.1, -0.05) is 23.4 Å². The molecule has 0 saturated carbocycles. The molecule has 4 nitrogen and oxygen atoms in total. The second kappa shape index (κ2) is 7.64. The molecule has 0 aliphatic rings. The monoisotopic (exact) mass is 324 g/mol. The van der Waals surface area contributed by atoms with Crippen LogP contribution in [-0.2, 0) is 0 Å². The molecule has 0 aliphatic carbocycles. The number of hydrogen-bond acceptors (Lipinski definition) is 5. The van der Waals surface area contributed by atoms with Crippen molar-refractivity contribution in [3.05, 3.63) is 46.7 Å². The zero-order chi connectivity index (χ0) is 15.2. The number of aliphatic hydroxyl groups excluding tert-OH is 1. The van der Waals surface area contributed by atoms with Crippen LogP contribution in [0.5, 0.6) is 5.75 Å². The molecule has 112 valence electrons. The predicted molar refractivity (Wildman–Crippen MR) is 85.2 cm³/mol. The lowest BCUT2D eigenvalue weighted by Crippen LogP contribution is -2.20. The molecule has 1 unspecified atom stereocenters. The average Bonchev–Trinajstić information content (AvgIpc) is 2.43. The van der Waals surface area contributed by atoms with Crippen LogP contribution in [0.1, 0.15) is 11.4 Å². The third kappa shape index (κ3) is 5.53.